The monoisotopic (exact) mass is 269 g/mol. The molecule has 2 aromatic heterocycles. The average Bonchev–Trinajstić information content (AvgIpc) is 3.17. The molecule has 0 fully saturated rings. The highest BCUT2D eigenvalue weighted by molar-refractivity contribution is 5.75. The maximum absolute atomic E-state index is 5.70. The maximum Gasteiger partial charge on any atom is 0.262 e. The standard InChI is InChI=1S/C13H11N5O2/c1-2-8(10-9(3-1)14-6-7-19-10)13-17-12(18-20-13)11-15-4-5-16-11/h1-5,14H,6-7H2,(H,15,16). The van der Waals surface area contributed by atoms with E-state index in [1.54, 1.807) is 12.4 Å². The van der Waals surface area contributed by atoms with Crippen molar-refractivity contribution in [1.82, 2.24) is 20.1 Å². The number of benzene rings is 1. The molecule has 1 aliphatic heterocycles. The Bertz CT molecular complexity index is 735. The van der Waals surface area contributed by atoms with E-state index < -0.39 is 0 Å². The fourth-order valence-corrected chi connectivity index (χ4v) is 2.16. The number of hydrogen-bond donors (Lipinski definition) is 2. The lowest BCUT2D eigenvalue weighted by Gasteiger charge is -2.20. The molecule has 1 aromatic carbocycles. The van der Waals surface area contributed by atoms with Crippen molar-refractivity contribution in [3.63, 3.8) is 0 Å². The van der Waals surface area contributed by atoms with Gasteiger partial charge in [-0.15, -0.1) is 0 Å². The Morgan fingerprint density at radius 3 is 3.15 bits per heavy atom. The molecule has 7 heteroatoms. The van der Waals surface area contributed by atoms with Crippen LogP contribution in [0.4, 0.5) is 5.69 Å². The van der Waals surface area contributed by atoms with Crippen molar-refractivity contribution in [3.8, 4) is 28.9 Å². The van der Waals surface area contributed by atoms with E-state index in [0.29, 0.717) is 24.1 Å². The number of aromatic nitrogens is 4. The third-order valence-electron chi connectivity index (χ3n) is 3.05. The van der Waals surface area contributed by atoms with Crippen molar-refractivity contribution in [3.05, 3.63) is 30.6 Å². The quantitative estimate of drug-likeness (QED) is 0.739. The van der Waals surface area contributed by atoms with Crippen molar-refractivity contribution >= 4 is 5.69 Å². The smallest absolute Gasteiger partial charge is 0.262 e. The number of imidazole rings is 1. The van der Waals surface area contributed by atoms with Crippen LogP contribution in [0.25, 0.3) is 23.1 Å². The first-order valence-electron chi connectivity index (χ1n) is 6.25. The molecule has 0 spiro atoms. The first kappa shape index (κ1) is 11.0. The van der Waals surface area contributed by atoms with Gasteiger partial charge in [0, 0.05) is 18.9 Å². The Morgan fingerprint density at radius 2 is 2.25 bits per heavy atom. The zero-order valence-electron chi connectivity index (χ0n) is 10.5. The molecule has 4 rings (SSSR count). The van der Waals surface area contributed by atoms with Crippen LogP contribution in [-0.4, -0.2) is 33.3 Å². The van der Waals surface area contributed by atoms with Crippen LogP contribution >= 0.6 is 0 Å². The van der Waals surface area contributed by atoms with E-state index in [0.717, 1.165) is 23.5 Å². The number of ether oxygens (including phenoxy) is 1. The largest absolute Gasteiger partial charge is 0.489 e. The van der Waals surface area contributed by atoms with Gasteiger partial charge in [0.1, 0.15) is 6.61 Å². The van der Waals surface area contributed by atoms with E-state index in [9.17, 15) is 0 Å². The van der Waals surface area contributed by atoms with Crippen molar-refractivity contribution < 1.29 is 9.26 Å². The number of aromatic amines is 1. The summed E-state index contributed by atoms with van der Waals surface area (Å²) >= 11 is 0. The highest BCUT2D eigenvalue weighted by Gasteiger charge is 2.20. The van der Waals surface area contributed by atoms with Gasteiger partial charge >= 0.3 is 0 Å². The Kier molecular flexibility index (Phi) is 2.41. The molecule has 2 N–H and O–H groups in total. The van der Waals surface area contributed by atoms with E-state index in [4.69, 9.17) is 9.26 Å². The van der Waals surface area contributed by atoms with Gasteiger partial charge in [-0.25, -0.2) is 4.98 Å². The lowest BCUT2D eigenvalue weighted by molar-refractivity contribution is 0.322. The first-order chi connectivity index (χ1) is 9.92. The van der Waals surface area contributed by atoms with Crippen LogP contribution in [-0.2, 0) is 0 Å². The molecule has 7 nitrogen and oxygen atoms in total. The van der Waals surface area contributed by atoms with E-state index in [1.807, 2.05) is 18.2 Å². The zero-order chi connectivity index (χ0) is 13.4. The fourth-order valence-electron chi connectivity index (χ4n) is 2.16. The summed E-state index contributed by atoms with van der Waals surface area (Å²) in [5.41, 5.74) is 1.71. The minimum Gasteiger partial charge on any atom is -0.489 e. The van der Waals surface area contributed by atoms with Crippen LogP contribution in [0.5, 0.6) is 5.75 Å². The van der Waals surface area contributed by atoms with Gasteiger partial charge in [-0.1, -0.05) is 11.2 Å². The summed E-state index contributed by atoms with van der Waals surface area (Å²) in [6, 6.07) is 5.78. The Morgan fingerprint density at radius 1 is 1.25 bits per heavy atom. The Balaban J connectivity index is 1.78. The van der Waals surface area contributed by atoms with Gasteiger partial charge in [-0.05, 0) is 12.1 Å². The van der Waals surface area contributed by atoms with Gasteiger partial charge in [0.05, 0.1) is 11.3 Å². The van der Waals surface area contributed by atoms with E-state index in [2.05, 4.69) is 25.4 Å². The van der Waals surface area contributed by atoms with Crippen molar-refractivity contribution in [1.29, 1.82) is 0 Å². The van der Waals surface area contributed by atoms with Gasteiger partial charge < -0.3 is 19.6 Å². The summed E-state index contributed by atoms with van der Waals surface area (Å²) in [5, 5.41) is 7.20. The maximum atomic E-state index is 5.70. The van der Waals surface area contributed by atoms with Gasteiger partial charge in [-0.3, -0.25) is 0 Å². The summed E-state index contributed by atoms with van der Waals surface area (Å²) in [6.45, 7) is 1.40. The average molecular weight is 269 g/mol. The molecule has 0 atom stereocenters. The summed E-state index contributed by atoms with van der Waals surface area (Å²) in [4.78, 5) is 11.4. The predicted molar refractivity (Wildman–Crippen MR) is 71.3 cm³/mol. The molecule has 0 saturated heterocycles. The molecule has 0 amide bonds. The van der Waals surface area contributed by atoms with Crippen LogP contribution in [0.15, 0.2) is 35.1 Å². The molecule has 0 radical (unpaired) electrons. The minimum atomic E-state index is 0.414. The van der Waals surface area contributed by atoms with Crippen molar-refractivity contribution in [2.45, 2.75) is 0 Å². The highest BCUT2D eigenvalue weighted by Crippen LogP contribution is 2.37. The number of nitrogens with zero attached hydrogens (tertiary/aromatic N) is 3. The molecule has 0 bridgehead atoms. The van der Waals surface area contributed by atoms with Gasteiger partial charge in [0.2, 0.25) is 5.82 Å². The molecule has 3 aromatic rings. The summed E-state index contributed by atoms with van der Waals surface area (Å²) in [5.74, 6) is 2.15. The number of hydrogen-bond acceptors (Lipinski definition) is 6. The minimum absolute atomic E-state index is 0.414. The number of fused-ring (bicyclic) bond motifs is 1. The van der Waals surface area contributed by atoms with E-state index in [-0.39, 0.29) is 0 Å². The van der Waals surface area contributed by atoms with E-state index in [1.165, 1.54) is 0 Å². The third kappa shape index (κ3) is 1.71. The lowest BCUT2D eigenvalue weighted by atomic mass is 10.1. The van der Waals surface area contributed by atoms with Crippen LogP contribution in [0.3, 0.4) is 0 Å². The third-order valence-corrected chi connectivity index (χ3v) is 3.05. The second-order valence-corrected chi connectivity index (χ2v) is 4.32. The van der Waals surface area contributed by atoms with Gasteiger partial charge in [0.25, 0.3) is 5.89 Å². The summed E-state index contributed by atoms with van der Waals surface area (Å²) in [6.07, 6.45) is 3.35. The van der Waals surface area contributed by atoms with Gasteiger partial charge in [-0.2, -0.15) is 4.98 Å². The lowest BCUT2D eigenvalue weighted by Crippen LogP contribution is -2.18. The number of H-pyrrole nitrogens is 1. The Hall–Kier alpha value is -2.83. The molecular formula is C13H11N5O2. The molecule has 1 aliphatic rings. The number of rotatable bonds is 2. The topological polar surface area (TPSA) is 88.9 Å². The van der Waals surface area contributed by atoms with E-state index >= 15 is 0 Å². The molecule has 0 saturated carbocycles. The van der Waals surface area contributed by atoms with Crippen LogP contribution in [0, 0.1) is 0 Å². The second kappa shape index (κ2) is 4.37. The molecule has 3 heterocycles. The molecular weight excluding hydrogens is 258 g/mol. The summed E-state index contributed by atoms with van der Waals surface area (Å²) < 4.78 is 11.0. The molecule has 100 valence electrons. The van der Waals surface area contributed by atoms with Crippen LogP contribution in [0.1, 0.15) is 0 Å². The molecule has 0 unspecified atom stereocenters. The zero-order valence-corrected chi connectivity index (χ0v) is 10.5. The SMILES string of the molecule is c1cc2c(c(-c3nc(-c4ncc[nH]4)no3)c1)OCCN2. The number of para-hydroxylation sites is 1. The normalized spacial score (nSPS) is 13.4. The van der Waals surface area contributed by atoms with Gasteiger partial charge in [0.15, 0.2) is 11.6 Å². The van der Waals surface area contributed by atoms with Crippen LogP contribution < -0.4 is 10.1 Å². The Labute approximate surface area is 114 Å². The number of anilines is 1. The fraction of sp³-hybridized carbons (Fsp3) is 0.154. The summed E-state index contributed by atoms with van der Waals surface area (Å²) in [7, 11) is 0. The first-order valence-corrected chi connectivity index (χ1v) is 6.25. The highest BCUT2D eigenvalue weighted by atomic mass is 16.5. The van der Waals surface area contributed by atoms with Crippen molar-refractivity contribution in [2.75, 3.05) is 18.5 Å². The van der Waals surface area contributed by atoms with Crippen LogP contribution in [0.2, 0.25) is 0 Å². The molecule has 0 aliphatic carbocycles. The second-order valence-electron chi connectivity index (χ2n) is 4.32. The van der Waals surface area contributed by atoms with Crippen molar-refractivity contribution in [2.24, 2.45) is 0 Å². The predicted octanol–water partition coefficient (Wildman–Crippen LogP) is 1.93. The number of nitrogens with one attached hydrogen (secondary N) is 2. The molecule has 20 heavy (non-hydrogen) atoms.